The van der Waals surface area contributed by atoms with Crippen LogP contribution in [-0.4, -0.2) is 39.5 Å². The number of amides is 3. The van der Waals surface area contributed by atoms with Gasteiger partial charge in [-0.3, -0.25) is 4.79 Å². The number of hydrogen-bond acceptors (Lipinski definition) is 3. The zero-order valence-electron chi connectivity index (χ0n) is 17.8. The Balaban J connectivity index is 1.77. The van der Waals surface area contributed by atoms with E-state index in [9.17, 15) is 9.59 Å². The Bertz CT molecular complexity index is 1110. The third-order valence-corrected chi connectivity index (χ3v) is 5.30. The van der Waals surface area contributed by atoms with E-state index < -0.39 is 0 Å². The Hall–Kier alpha value is -3.06. The van der Waals surface area contributed by atoms with Crippen LogP contribution < -0.4 is 10.6 Å². The summed E-state index contributed by atoms with van der Waals surface area (Å²) < 4.78 is 1.92. The minimum atomic E-state index is -0.260. The number of aromatic nitrogens is 2. The van der Waals surface area contributed by atoms with Crippen LogP contribution in [0.15, 0.2) is 36.4 Å². The molecule has 2 aromatic carbocycles. The number of nitrogens with one attached hydrogen (secondary N) is 2. The molecule has 2 N–H and O–H groups in total. The number of urea groups is 1. The van der Waals surface area contributed by atoms with E-state index in [1.807, 2.05) is 44.5 Å². The van der Waals surface area contributed by atoms with Gasteiger partial charge in [-0.2, -0.15) is 0 Å². The van der Waals surface area contributed by atoms with Crippen molar-refractivity contribution in [2.45, 2.75) is 33.4 Å². The maximum absolute atomic E-state index is 12.6. The van der Waals surface area contributed by atoms with Crippen LogP contribution in [0.3, 0.4) is 0 Å². The van der Waals surface area contributed by atoms with Crippen LogP contribution in [0.1, 0.15) is 35.6 Å². The van der Waals surface area contributed by atoms with E-state index in [0.717, 1.165) is 11.1 Å². The monoisotopic (exact) mass is 427 g/mol. The minimum Gasteiger partial charge on any atom is -0.350 e. The minimum absolute atomic E-state index is 0.0581. The molecule has 0 saturated carbocycles. The van der Waals surface area contributed by atoms with E-state index in [2.05, 4.69) is 15.6 Å². The van der Waals surface area contributed by atoms with Crippen molar-refractivity contribution in [3.8, 4) is 0 Å². The molecule has 0 atom stereocenters. The molecule has 3 rings (SSSR count). The average molecular weight is 428 g/mol. The fourth-order valence-electron chi connectivity index (χ4n) is 3.12. The van der Waals surface area contributed by atoms with Gasteiger partial charge >= 0.3 is 6.03 Å². The van der Waals surface area contributed by atoms with E-state index in [1.165, 1.54) is 0 Å². The molecule has 3 amide bonds. The third-order valence-electron chi connectivity index (χ3n) is 4.89. The van der Waals surface area contributed by atoms with Crippen molar-refractivity contribution in [3.63, 3.8) is 0 Å². The van der Waals surface area contributed by atoms with E-state index in [1.54, 1.807) is 36.2 Å². The van der Waals surface area contributed by atoms with Gasteiger partial charge in [0.15, 0.2) is 0 Å². The Morgan fingerprint density at radius 1 is 1.23 bits per heavy atom. The Labute approximate surface area is 181 Å². The smallest absolute Gasteiger partial charge is 0.321 e. The van der Waals surface area contributed by atoms with Crippen molar-refractivity contribution in [2.75, 3.05) is 12.4 Å². The summed E-state index contributed by atoms with van der Waals surface area (Å²) >= 11 is 6.13. The van der Waals surface area contributed by atoms with Crippen LogP contribution in [-0.2, 0) is 13.6 Å². The van der Waals surface area contributed by atoms with Gasteiger partial charge < -0.3 is 20.1 Å². The van der Waals surface area contributed by atoms with E-state index in [0.29, 0.717) is 34.2 Å². The number of carbonyl (C=O) groups excluding carboxylic acids is 2. The topological polar surface area (TPSA) is 79.3 Å². The Kier molecular flexibility index (Phi) is 6.31. The van der Waals surface area contributed by atoms with Gasteiger partial charge in [-0.25, -0.2) is 9.78 Å². The fraction of sp³-hybridized carbons (Fsp3) is 0.318. The average Bonchev–Trinajstić information content (AvgIpc) is 2.99. The van der Waals surface area contributed by atoms with Crippen molar-refractivity contribution in [2.24, 2.45) is 7.05 Å². The van der Waals surface area contributed by atoms with Gasteiger partial charge in [-0.15, -0.1) is 0 Å². The van der Waals surface area contributed by atoms with Crippen LogP contribution in [0.5, 0.6) is 0 Å². The molecule has 158 valence electrons. The summed E-state index contributed by atoms with van der Waals surface area (Å²) in [4.78, 5) is 31.1. The van der Waals surface area contributed by atoms with E-state index in [-0.39, 0.29) is 18.0 Å². The second-order valence-corrected chi connectivity index (χ2v) is 8.02. The lowest BCUT2D eigenvalue weighted by Gasteiger charge is -2.19. The second kappa shape index (κ2) is 8.75. The van der Waals surface area contributed by atoms with Crippen LogP contribution in [0.25, 0.3) is 11.0 Å². The quantitative estimate of drug-likeness (QED) is 0.635. The predicted octanol–water partition coefficient (Wildman–Crippen LogP) is 4.34. The van der Waals surface area contributed by atoms with Crippen molar-refractivity contribution in [1.82, 2.24) is 19.8 Å². The highest BCUT2D eigenvalue weighted by atomic mass is 35.5. The molecule has 0 aliphatic carbocycles. The summed E-state index contributed by atoms with van der Waals surface area (Å²) in [5.41, 5.74) is 3.65. The van der Waals surface area contributed by atoms with Crippen LogP contribution >= 0.6 is 11.6 Å². The van der Waals surface area contributed by atoms with E-state index >= 15 is 0 Å². The van der Waals surface area contributed by atoms with Gasteiger partial charge in [0.1, 0.15) is 5.82 Å². The number of rotatable bonds is 5. The summed E-state index contributed by atoms with van der Waals surface area (Å²) in [5.74, 6) is 0.583. The normalized spacial score (nSPS) is 11.0. The standard InChI is InChI=1S/C22H26ClN5O2/c1-13(2)24-21(29)15-9-10-19-18(11-15)25-20(28(19)5)12-27(4)22(30)26-17-8-6-7-16(23)14(17)3/h6-11,13H,12H2,1-5H3,(H,24,29)(H,26,30). The number of anilines is 1. The fourth-order valence-corrected chi connectivity index (χ4v) is 3.29. The van der Waals surface area contributed by atoms with E-state index in [4.69, 9.17) is 11.6 Å². The molecule has 0 unspecified atom stereocenters. The number of fused-ring (bicyclic) bond motifs is 1. The molecule has 0 spiro atoms. The zero-order chi connectivity index (χ0) is 22.0. The SMILES string of the molecule is Cc1c(Cl)cccc1NC(=O)N(C)Cc1nc2cc(C(=O)NC(C)C)ccc2n1C. The largest absolute Gasteiger partial charge is 0.350 e. The molecule has 0 saturated heterocycles. The van der Waals surface area contributed by atoms with Gasteiger partial charge in [0.05, 0.1) is 17.6 Å². The highest BCUT2D eigenvalue weighted by molar-refractivity contribution is 6.31. The third kappa shape index (κ3) is 4.57. The van der Waals surface area contributed by atoms with Crippen LogP contribution in [0.4, 0.5) is 10.5 Å². The van der Waals surface area contributed by atoms with Gasteiger partial charge in [0, 0.05) is 36.4 Å². The first-order valence-electron chi connectivity index (χ1n) is 9.70. The molecule has 0 aliphatic heterocycles. The number of imidazole rings is 1. The Morgan fingerprint density at radius 3 is 2.67 bits per heavy atom. The number of benzene rings is 2. The first-order chi connectivity index (χ1) is 14.2. The lowest BCUT2D eigenvalue weighted by molar-refractivity contribution is 0.0943. The first-order valence-corrected chi connectivity index (χ1v) is 10.1. The van der Waals surface area contributed by atoms with Crippen molar-refractivity contribution < 1.29 is 9.59 Å². The molecule has 0 fully saturated rings. The lowest BCUT2D eigenvalue weighted by atomic mass is 10.2. The second-order valence-electron chi connectivity index (χ2n) is 7.62. The van der Waals surface area contributed by atoms with Gasteiger partial charge in [0.25, 0.3) is 5.91 Å². The molecule has 7 nitrogen and oxygen atoms in total. The number of carbonyl (C=O) groups is 2. The summed E-state index contributed by atoms with van der Waals surface area (Å²) in [5, 5.41) is 6.36. The Morgan fingerprint density at radius 2 is 1.97 bits per heavy atom. The lowest BCUT2D eigenvalue weighted by Crippen LogP contribution is -2.32. The molecule has 8 heteroatoms. The number of hydrogen-bond donors (Lipinski definition) is 2. The maximum atomic E-state index is 12.6. The number of nitrogens with zero attached hydrogens (tertiary/aromatic N) is 3. The molecule has 30 heavy (non-hydrogen) atoms. The molecule has 3 aromatic rings. The molecular formula is C22H26ClN5O2. The summed E-state index contributed by atoms with van der Waals surface area (Å²) in [7, 11) is 3.60. The van der Waals surface area contributed by atoms with Gasteiger partial charge in [0.2, 0.25) is 0 Å². The molecule has 1 aromatic heterocycles. The van der Waals surface area contributed by atoms with Crippen LogP contribution in [0.2, 0.25) is 5.02 Å². The van der Waals surface area contributed by atoms with Crippen molar-refractivity contribution in [3.05, 3.63) is 58.4 Å². The molecular weight excluding hydrogens is 402 g/mol. The number of halogens is 1. The van der Waals surface area contributed by atoms with Crippen LogP contribution in [0, 0.1) is 6.92 Å². The summed E-state index contributed by atoms with van der Waals surface area (Å²) in [6.07, 6.45) is 0. The van der Waals surface area contributed by atoms with Gasteiger partial charge in [-0.05, 0) is 56.7 Å². The molecule has 0 radical (unpaired) electrons. The highest BCUT2D eigenvalue weighted by Crippen LogP contribution is 2.23. The van der Waals surface area contributed by atoms with Crippen molar-refractivity contribution >= 4 is 40.3 Å². The zero-order valence-corrected chi connectivity index (χ0v) is 18.5. The van der Waals surface area contributed by atoms with Gasteiger partial charge in [-0.1, -0.05) is 17.7 Å². The predicted molar refractivity (Wildman–Crippen MR) is 120 cm³/mol. The summed E-state index contributed by atoms with van der Waals surface area (Å²) in [6.45, 7) is 6.00. The molecule has 0 bridgehead atoms. The number of aryl methyl sites for hydroxylation is 1. The summed E-state index contributed by atoms with van der Waals surface area (Å²) in [6, 6.07) is 10.6. The first kappa shape index (κ1) is 21.6. The molecule has 0 aliphatic rings. The van der Waals surface area contributed by atoms with Crippen molar-refractivity contribution in [1.29, 1.82) is 0 Å². The molecule has 1 heterocycles. The highest BCUT2D eigenvalue weighted by Gasteiger charge is 2.17. The maximum Gasteiger partial charge on any atom is 0.321 e.